The smallest absolute Gasteiger partial charge is 0.409 e. The van der Waals surface area contributed by atoms with Crippen molar-refractivity contribution in [1.29, 1.82) is 0 Å². The van der Waals surface area contributed by atoms with E-state index in [2.05, 4.69) is 5.32 Å². The summed E-state index contributed by atoms with van der Waals surface area (Å²) in [6, 6.07) is 4.79. The Morgan fingerprint density at radius 2 is 1.96 bits per heavy atom. The number of ether oxygens (including phenoxy) is 1. The molecule has 0 aliphatic carbocycles. The molecule has 1 aromatic carbocycles. The quantitative estimate of drug-likeness (QED) is 0.842. The van der Waals surface area contributed by atoms with Gasteiger partial charge >= 0.3 is 6.09 Å². The van der Waals surface area contributed by atoms with Crippen molar-refractivity contribution in [3.63, 3.8) is 0 Å². The number of methoxy groups -OCH3 is 1. The zero-order valence-electron chi connectivity index (χ0n) is 14.0. The van der Waals surface area contributed by atoms with Crippen molar-refractivity contribution in [3.8, 4) is 0 Å². The average Bonchev–Trinajstić information content (AvgIpc) is 2.87. The first-order chi connectivity index (χ1) is 11.9. The lowest BCUT2D eigenvalue weighted by Crippen LogP contribution is -2.37. The minimum Gasteiger partial charge on any atom is -0.453 e. The van der Waals surface area contributed by atoms with Crippen LogP contribution in [0.5, 0.6) is 0 Å². The third kappa shape index (κ3) is 3.62. The first-order valence-electron chi connectivity index (χ1n) is 8.17. The number of nitrogens with zero attached hydrogens (tertiary/aromatic N) is 2. The van der Waals surface area contributed by atoms with E-state index in [1.54, 1.807) is 12.1 Å². The number of fused-ring (bicyclic) bond motifs is 1. The zero-order valence-corrected chi connectivity index (χ0v) is 14.8. The number of anilines is 1. The number of carbonyl (C=O) groups is 2. The van der Waals surface area contributed by atoms with Crippen LogP contribution in [0.3, 0.4) is 0 Å². The number of sulfonamides is 1. The van der Waals surface area contributed by atoms with Crippen LogP contribution in [0.2, 0.25) is 0 Å². The van der Waals surface area contributed by atoms with Gasteiger partial charge in [0.25, 0.3) is 0 Å². The van der Waals surface area contributed by atoms with Gasteiger partial charge in [0.2, 0.25) is 15.9 Å². The van der Waals surface area contributed by atoms with E-state index in [1.165, 1.54) is 22.4 Å². The van der Waals surface area contributed by atoms with Gasteiger partial charge in [-0.05, 0) is 36.6 Å². The van der Waals surface area contributed by atoms with E-state index in [1.807, 2.05) is 0 Å². The van der Waals surface area contributed by atoms with Gasteiger partial charge in [-0.2, -0.15) is 4.31 Å². The minimum atomic E-state index is -3.65. The first-order valence-corrected chi connectivity index (χ1v) is 9.61. The van der Waals surface area contributed by atoms with Crippen molar-refractivity contribution in [1.82, 2.24) is 9.21 Å². The van der Waals surface area contributed by atoms with E-state index in [0.29, 0.717) is 44.6 Å². The molecule has 1 N–H and O–H groups in total. The zero-order chi connectivity index (χ0) is 18.0. The fraction of sp³-hybridized carbons (Fsp3) is 0.500. The Kier molecular flexibility index (Phi) is 4.96. The lowest BCUT2D eigenvalue weighted by atomic mass is 10.0. The predicted molar refractivity (Wildman–Crippen MR) is 90.7 cm³/mol. The van der Waals surface area contributed by atoms with Crippen LogP contribution in [-0.4, -0.2) is 62.9 Å². The van der Waals surface area contributed by atoms with Crippen molar-refractivity contribution in [2.45, 2.75) is 24.2 Å². The third-order valence-electron chi connectivity index (χ3n) is 4.50. The molecule has 0 spiro atoms. The summed E-state index contributed by atoms with van der Waals surface area (Å²) in [5.74, 6) is -0.0569. The minimum absolute atomic E-state index is 0.0569. The number of carbonyl (C=O) groups excluding carboxylic acids is 2. The molecular weight excluding hydrogens is 346 g/mol. The Morgan fingerprint density at radius 1 is 1.16 bits per heavy atom. The maximum Gasteiger partial charge on any atom is 0.409 e. The molecular formula is C16H21N3O5S. The van der Waals surface area contributed by atoms with Gasteiger partial charge in [0.15, 0.2) is 0 Å². The fourth-order valence-corrected chi connectivity index (χ4v) is 4.64. The van der Waals surface area contributed by atoms with Crippen LogP contribution in [0.25, 0.3) is 0 Å². The summed E-state index contributed by atoms with van der Waals surface area (Å²) in [4.78, 5) is 24.8. The summed E-state index contributed by atoms with van der Waals surface area (Å²) in [6.45, 7) is 1.34. The number of nitrogens with one attached hydrogen (secondary N) is 1. The molecule has 136 valence electrons. The fourth-order valence-electron chi connectivity index (χ4n) is 3.12. The van der Waals surface area contributed by atoms with Crippen LogP contribution >= 0.6 is 0 Å². The topological polar surface area (TPSA) is 96.0 Å². The monoisotopic (exact) mass is 367 g/mol. The Morgan fingerprint density at radius 3 is 2.72 bits per heavy atom. The van der Waals surface area contributed by atoms with Crippen LogP contribution in [0, 0.1) is 0 Å². The SMILES string of the molecule is COC(=O)N1CCCN(S(=O)(=O)c2ccc3c(c2)CCC(=O)N3)CC1. The van der Waals surface area contributed by atoms with Gasteiger partial charge in [-0.15, -0.1) is 0 Å². The van der Waals surface area contributed by atoms with Gasteiger partial charge in [-0.3, -0.25) is 4.79 Å². The predicted octanol–water partition coefficient (Wildman–Crippen LogP) is 1.03. The first kappa shape index (κ1) is 17.7. The molecule has 0 aromatic heterocycles. The van der Waals surface area contributed by atoms with E-state index in [4.69, 9.17) is 4.74 Å². The van der Waals surface area contributed by atoms with E-state index in [0.717, 1.165) is 5.56 Å². The molecule has 2 aliphatic rings. The second-order valence-corrected chi connectivity index (χ2v) is 8.02. The van der Waals surface area contributed by atoms with E-state index < -0.39 is 16.1 Å². The number of amides is 2. The third-order valence-corrected chi connectivity index (χ3v) is 6.39. The molecule has 0 unspecified atom stereocenters. The van der Waals surface area contributed by atoms with Crippen LogP contribution in [0.1, 0.15) is 18.4 Å². The van der Waals surface area contributed by atoms with Gasteiger partial charge in [-0.1, -0.05) is 0 Å². The highest BCUT2D eigenvalue weighted by Crippen LogP contribution is 2.27. The van der Waals surface area contributed by atoms with Crippen LogP contribution in [-0.2, 0) is 26.0 Å². The molecule has 0 radical (unpaired) electrons. The average molecular weight is 367 g/mol. The van der Waals surface area contributed by atoms with Crippen molar-refractivity contribution in [2.24, 2.45) is 0 Å². The van der Waals surface area contributed by atoms with Gasteiger partial charge in [-0.25, -0.2) is 13.2 Å². The van der Waals surface area contributed by atoms with Crippen LogP contribution < -0.4 is 5.32 Å². The van der Waals surface area contributed by atoms with Crippen molar-refractivity contribution >= 4 is 27.7 Å². The molecule has 2 heterocycles. The number of hydrogen-bond donors (Lipinski definition) is 1. The van der Waals surface area contributed by atoms with Crippen LogP contribution in [0.15, 0.2) is 23.1 Å². The molecule has 3 rings (SSSR count). The van der Waals surface area contributed by atoms with Gasteiger partial charge in [0.1, 0.15) is 0 Å². The summed E-state index contributed by atoms with van der Waals surface area (Å²) in [5.41, 5.74) is 1.50. The number of rotatable bonds is 2. The van der Waals surface area contributed by atoms with Gasteiger partial charge in [0.05, 0.1) is 12.0 Å². The molecule has 1 aromatic rings. The Labute approximate surface area is 146 Å². The summed E-state index contributed by atoms with van der Waals surface area (Å²) >= 11 is 0. The van der Waals surface area contributed by atoms with Crippen LogP contribution in [0.4, 0.5) is 10.5 Å². The van der Waals surface area contributed by atoms with Gasteiger partial charge < -0.3 is 15.0 Å². The highest BCUT2D eigenvalue weighted by atomic mass is 32.2. The second kappa shape index (κ2) is 7.01. The van der Waals surface area contributed by atoms with E-state index in [9.17, 15) is 18.0 Å². The maximum absolute atomic E-state index is 12.9. The normalized spacial score (nSPS) is 18.9. The Balaban J connectivity index is 1.80. The van der Waals surface area contributed by atoms with E-state index in [-0.39, 0.29) is 17.3 Å². The Bertz CT molecular complexity index is 793. The number of benzene rings is 1. The summed E-state index contributed by atoms with van der Waals surface area (Å²) in [6.07, 6.45) is 0.994. The molecule has 2 amide bonds. The largest absolute Gasteiger partial charge is 0.453 e. The number of hydrogen-bond acceptors (Lipinski definition) is 5. The summed E-state index contributed by atoms with van der Waals surface area (Å²) < 4.78 is 32.0. The van der Waals surface area contributed by atoms with E-state index >= 15 is 0 Å². The molecule has 1 fully saturated rings. The lowest BCUT2D eigenvalue weighted by molar-refractivity contribution is -0.116. The molecule has 0 saturated carbocycles. The molecule has 9 heteroatoms. The maximum atomic E-state index is 12.9. The summed E-state index contributed by atoms with van der Waals surface area (Å²) in [7, 11) is -2.33. The van der Waals surface area contributed by atoms with Gasteiger partial charge in [0, 0.05) is 38.3 Å². The molecule has 1 saturated heterocycles. The molecule has 0 bridgehead atoms. The molecule has 2 aliphatic heterocycles. The van der Waals surface area contributed by atoms with Crippen molar-refractivity contribution < 1.29 is 22.7 Å². The highest BCUT2D eigenvalue weighted by Gasteiger charge is 2.29. The molecule has 0 atom stereocenters. The number of aryl methyl sites for hydroxylation is 1. The van der Waals surface area contributed by atoms with Crippen molar-refractivity contribution in [2.75, 3.05) is 38.6 Å². The standard InChI is InChI=1S/C16H21N3O5S/c1-24-16(21)18-7-2-8-19(10-9-18)25(22,23)13-4-5-14-12(11-13)3-6-15(20)17-14/h4-5,11H,2-3,6-10H2,1H3,(H,17,20). The molecule has 8 nitrogen and oxygen atoms in total. The second-order valence-electron chi connectivity index (χ2n) is 6.08. The van der Waals surface area contributed by atoms with Crippen molar-refractivity contribution in [3.05, 3.63) is 23.8 Å². The highest BCUT2D eigenvalue weighted by molar-refractivity contribution is 7.89. The molecule has 25 heavy (non-hydrogen) atoms. The lowest BCUT2D eigenvalue weighted by Gasteiger charge is -2.22. The Hall–Kier alpha value is -2.13. The summed E-state index contributed by atoms with van der Waals surface area (Å²) in [5, 5.41) is 2.75.